The van der Waals surface area contributed by atoms with Gasteiger partial charge in [-0.1, -0.05) is 6.07 Å². The average Bonchev–Trinajstić information content (AvgIpc) is 2.76. The second-order valence-electron chi connectivity index (χ2n) is 7.43. The lowest BCUT2D eigenvalue weighted by Crippen LogP contribution is -2.15. The number of benzene rings is 3. The molecule has 3 aromatic rings. The lowest BCUT2D eigenvalue weighted by Gasteiger charge is -2.10. The molecular formula is C20H19N3O11S3. The van der Waals surface area contributed by atoms with Crippen LogP contribution in [0.5, 0.6) is 5.75 Å². The van der Waals surface area contributed by atoms with Crippen LogP contribution >= 0.6 is 0 Å². The van der Waals surface area contributed by atoms with Gasteiger partial charge in [0.1, 0.15) is 10.6 Å². The van der Waals surface area contributed by atoms with E-state index in [1.807, 2.05) is 0 Å². The van der Waals surface area contributed by atoms with E-state index in [-0.39, 0.29) is 27.3 Å². The maximum atomic E-state index is 12.4. The van der Waals surface area contributed by atoms with Crippen molar-refractivity contribution in [3.8, 4) is 5.75 Å². The Bertz CT molecular complexity index is 1730. The number of hydrogen-bond acceptors (Lipinski definition) is 11. The maximum Gasteiger partial charge on any atom is 0.397 e. The zero-order chi connectivity index (χ0) is 27.6. The van der Waals surface area contributed by atoms with Crippen molar-refractivity contribution in [2.75, 3.05) is 17.7 Å². The molecule has 0 bridgehead atoms. The van der Waals surface area contributed by atoms with E-state index < -0.39 is 59.0 Å². The van der Waals surface area contributed by atoms with Crippen molar-refractivity contribution < 1.29 is 48.4 Å². The van der Waals surface area contributed by atoms with Crippen LogP contribution in [0.25, 0.3) is 10.8 Å². The molecule has 0 aliphatic heterocycles. The molecule has 0 unspecified atom stereocenters. The van der Waals surface area contributed by atoms with Gasteiger partial charge in [0.05, 0.1) is 22.9 Å². The van der Waals surface area contributed by atoms with Crippen molar-refractivity contribution in [2.24, 2.45) is 10.2 Å². The molecule has 0 heterocycles. The maximum absolute atomic E-state index is 12.4. The minimum absolute atomic E-state index is 0.0986. The molecule has 3 aromatic carbocycles. The molecule has 0 saturated carbocycles. The molecule has 0 saturated heterocycles. The van der Waals surface area contributed by atoms with Crippen LogP contribution < -0.4 is 5.32 Å². The highest BCUT2D eigenvalue weighted by Crippen LogP contribution is 2.42. The van der Waals surface area contributed by atoms with Crippen LogP contribution in [0.4, 0.5) is 17.1 Å². The van der Waals surface area contributed by atoms with E-state index in [0.29, 0.717) is 5.69 Å². The number of nitrogens with zero attached hydrogens (tertiary/aromatic N) is 2. The Morgan fingerprint density at radius 3 is 2.30 bits per heavy atom. The monoisotopic (exact) mass is 573 g/mol. The molecule has 0 aliphatic carbocycles. The Labute approximate surface area is 211 Å². The first-order chi connectivity index (χ1) is 17.1. The summed E-state index contributed by atoms with van der Waals surface area (Å²) in [4.78, 5) is 10.2. The largest absolute Gasteiger partial charge is 0.505 e. The van der Waals surface area contributed by atoms with Crippen LogP contribution in [0.3, 0.4) is 0 Å². The zero-order valence-corrected chi connectivity index (χ0v) is 21.2. The third-order valence-corrected chi connectivity index (χ3v) is 7.68. The van der Waals surface area contributed by atoms with E-state index in [0.717, 1.165) is 12.1 Å². The summed E-state index contributed by atoms with van der Waals surface area (Å²) in [5, 5.41) is 20.9. The van der Waals surface area contributed by atoms with Gasteiger partial charge in [-0.3, -0.25) is 13.9 Å². The van der Waals surface area contributed by atoms with Crippen LogP contribution in [0, 0.1) is 0 Å². The fraction of sp³-hybridized carbons (Fsp3) is 0.150. The molecule has 17 heteroatoms. The number of anilines is 1. The van der Waals surface area contributed by atoms with Crippen molar-refractivity contribution >= 4 is 64.1 Å². The Morgan fingerprint density at radius 2 is 1.68 bits per heavy atom. The molecule has 14 nitrogen and oxygen atoms in total. The van der Waals surface area contributed by atoms with Gasteiger partial charge < -0.3 is 10.4 Å². The number of sulfone groups is 1. The van der Waals surface area contributed by atoms with Crippen LogP contribution in [0.2, 0.25) is 0 Å². The Balaban J connectivity index is 2.02. The summed E-state index contributed by atoms with van der Waals surface area (Å²) in [5.74, 6) is -1.85. The number of fused-ring (bicyclic) bond motifs is 1. The first-order valence-electron chi connectivity index (χ1n) is 9.98. The summed E-state index contributed by atoms with van der Waals surface area (Å²) < 4.78 is 92.3. The molecule has 0 aliphatic rings. The molecule has 0 aromatic heterocycles. The topological polar surface area (TPSA) is 226 Å². The van der Waals surface area contributed by atoms with Crippen molar-refractivity contribution in [2.45, 2.75) is 16.7 Å². The third-order valence-electron chi connectivity index (χ3n) is 4.68. The summed E-state index contributed by atoms with van der Waals surface area (Å²) in [7, 11) is -13.8. The standard InChI is InChI=1S/C20H19N3O11S3/c1-12(24)21-14-5-6-17-13(9-14)10-18(36(28,29)30)19(20(17)25)23-22-15-3-2-4-16(11-15)35(26,27)8-7-34-37(31,32)33/h2-6,9-11,25H,7-8H2,1H3,(H,21,24)(H,28,29,30)(H,31,32,33)/b23-22+. The first kappa shape index (κ1) is 28.1. The molecule has 0 spiro atoms. The summed E-state index contributed by atoms with van der Waals surface area (Å²) >= 11 is 0. The highest BCUT2D eigenvalue weighted by Gasteiger charge is 2.22. The van der Waals surface area contributed by atoms with Crippen molar-refractivity contribution in [1.29, 1.82) is 0 Å². The van der Waals surface area contributed by atoms with Gasteiger partial charge in [-0.05, 0) is 47.9 Å². The second kappa shape index (κ2) is 10.5. The van der Waals surface area contributed by atoms with E-state index >= 15 is 0 Å². The first-order valence-corrected chi connectivity index (χ1v) is 14.4. The Morgan fingerprint density at radius 1 is 0.973 bits per heavy atom. The second-order valence-corrected chi connectivity index (χ2v) is 12.0. The van der Waals surface area contributed by atoms with E-state index in [2.05, 4.69) is 19.7 Å². The molecule has 0 atom stereocenters. The van der Waals surface area contributed by atoms with Gasteiger partial charge in [-0.2, -0.15) is 21.9 Å². The number of carbonyl (C=O) groups is 1. The minimum atomic E-state index is -4.92. The van der Waals surface area contributed by atoms with E-state index in [9.17, 15) is 39.7 Å². The lowest BCUT2D eigenvalue weighted by molar-refractivity contribution is -0.114. The minimum Gasteiger partial charge on any atom is -0.505 e. The predicted molar refractivity (Wildman–Crippen MR) is 130 cm³/mol. The molecular weight excluding hydrogens is 554 g/mol. The van der Waals surface area contributed by atoms with Gasteiger partial charge in [0.25, 0.3) is 10.1 Å². The number of nitrogens with one attached hydrogen (secondary N) is 1. The summed E-state index contributed by atoms with van der Waals surface area (Å²) in [6.45, 7) is 0.418. The molecule has 3 rings (SSSR count). The van der Waals surface area contributed by atoms with Crippen molar-refractivity contribution in [3.05, 3.63) is 48.5 Å². The smallest absolute Gasteiger partial charge is 0.397 e. The molecule has 0 radical (unpaired) electrons. The molecule has 4 N–H and O–H groups in total. The van der Waals surface area contributed by atoms with E-state index in [4.69, 9.17) is 4.55 Å². The van der Waals surface area contributed by atoms with Gasteiger partial charge >= 0.3 is 10.4 Å². The fourth-order valence-electron chi connectivity index (χ4n) is 3.14. The quantitative estimate of drug-likeness (QED) is 0.215. The number of phenols is 1. The zero-order valence-electron chi connectivity index (χ0n) is 18.8. The van der Waals surface area contributed by atoms with Gasteiger partial charge in [0, 0.05) is 18.0 Å². The number of phenolic OH excluding ortho intramolecular Hbond substituents is 1. The molecule has 0 fully saturated rings. The van der Waals surface area contributed by atoms with Crippen LogP contribution in [-0.4, -0.2) is 57.7 Å². The fourth-order valence-corrected chi connectivity index (χ4v) is 5.32. The summed E-state index contributed by atoms with van der Waals surface area (Å²) in [5.41, 5.74) is -0.425. The number of rotatable bonds is 9. The molecule has 198 valence electrons. The van der Waals surface area contributed by atoms with Gasteiger partial charge in [0.15, 0.2) is 15.6 Å². The van der Waals surface area contributed by atoms with Crippen LogP contribution in [0.1, 0.15) is 6.92 Å². The average molecular weight is 574 g/mol. The Kier molecular flexibility index (Phi) is 7.96. The molecule has 1 amide bonds. The van der Waals surface area contributed by atoms with Crippen LogP contribution in [-0.2, 0) is 39.3 Å². The highest BCUT2D eigenvalue weighted by atomic mass is 32.3. The summed E-state index contributed by atoms with van der Waals surface area (Å²) in [6.07, 6.45) is 0. The van der Waals surface area contributed by atoms with Gasteiger partial charge in [0.2, 0.25) is 5.91 Å². The van der Waals surface area contributed by atoms with Gasteiger partial charge in [-0.15, -0.1) is 5.11 Å². The lowest BCUT2D eigenvalue weighted by atomic mass is 10.1. The third kappa shape index (κ3) is 7.28. The van der Waals surface area contributed by atoms with Crippen molar-refractivity contribution in [3.63, 3.8) is 0 Å². The number of azo groups is 1. The molecule has 37 heavy (non-hydrogen) atoms. The van der Waals surface area contributed by atoms with Gasteiger partial charge in [-0.25, -0.2) is 12.6 Å². The predicted octanol–water partition coefficient (Wildman–Crippen LogP) is 2.76. The van der Waals surface area contributed by atoms with E-state index in [1.54, 1.807) is 0 Å². The summed E-state index contributed by atoms with van der Waals surface area (Å²) in [6, 6.07) is 10.00. The normalized spacial score (nSPS) is 12.7. The van der Waals surface area contributed by atoms with Crippen LogP contribution in [0.15, 0.2) is 68.6 Å². The van der Waals surface area contributed by atoms with E-state index in [1.165, 1.54) is 43.3 Å². The number of carbonyl (C=O) groups excluding carboxylic acids is 1. The Hall–Kier alpha value is -3.48. The number of aromatic hydroxyl groups is 1. The van der Waals surface area contributed by atoms with Crippen molar-refractivity contribution in [1.82, 2.24) is 0 Å². The highest BCUT2D eigenvalue weighted by molar-refractivity contribution is 7.91. The number of amides is 1. The number of hydrogen-bond donors (Lipinski definition) is 4. The SMILES string of the molecule is CC(=O)Nc1ccc2c(O)c(/N=N/c3cccc(S(=O)(=O)CCOS(=O)(=O)O)c3)c(S(=O)(=O)O)cc2c1.